The van der Waals surface area contributed by atoms with Crippen LogP contribution in [0.15, 0.2) is 24.3 Å². The van der Waals surface area contributed by atoms with Gasteiger partial charge in [-0.05, 0) is 24.1 Å². The molecular formula is C14H19FO2. The molecule has 1 saturated heterocycles. The highest BCUT2D eigenvalue weighted by molar-refractivity contribution is 5.21. The maximum Gasteiger partial charge on any atom is 0.165 e. The van der Waals surface area contributed by atoms with Gasteiger partial charge in [0.05, 0.1) is 6.61 Å². The molecule has 1 N–H and O–H groups in total. The van der Waals surface area contributed by atoms with E-state index in [4.69, 9.17) is 4.74 Å². The molecule has 1 heterocycles. The lowest BCUT2D eigenvalue weighted by Gasteiger charge is -2.36. The van der Waals surface area contributed by atoms with Crippen molar-refractivity contribution >= 4 is 0 Å². The minimum Gasteiger partial charge on any atom is -0.365 e. The number of halogens is 1. The second kappa shape index (κ2) is 5.15. The van der Waals surface area contributed by atoms with E-state index in [1.807, 2.05) is 6.92 Å². The van der Waals surface area contributed by atoms with Gasteiger partial charge in [-0.2, -0.15) is 0 Å². The first-order valence-electron chi connectivity index (χ1n) is 6.25. The second-order valence-electron chi connectivity index (χ2n) is 4.79. The summed E-state index contributed by atoms with van der Waals surface area (Å²) in [6.45, 7) is 2.55. The fourth-order valence-corrected chi connectivity index (χ4v) is 2.40. The smallest absolute Gasteiger partial charge is 0.165 e. The SMILES string of the molecule is CCC[C@@]1(O)CC[C@@H](c2ccc(F)cc2)CO1. The van der Waals surface area contributed by atoms with Crippen LogP contribution in [0, 0.1) is 5.82 Å². The second-order valence-corrected chi connectivity index (χ2v) is 4.79. The molecule has 3 heteroatoms. The Balaban J connectivity index is 1.97. The molecule has 0 spiro atoms. The van der Waals surface area contributed by atoms with Crippen LogP contribution in [-0.4, -0.2) is 17.5 Å². The Morgan fingerprint density at radius 3 is 2.65 bits per heavy atom. The Morgan fingerprint density at radius 2 is 2.12 bits per heavy atom. The topological polar surface area (TPSA) is 29.5 Å². The summed E-state index contributed by atoms with van der Waals surface area (Å²) in [5.41, 5.74) is 1.09. The van der Waals surface area contributed by atoms with Gasteiger partial charge in [0.25, 0.3) is 0 Å². The molecule has 2 rings (SSSR count). The zero-order valence-electron chi connectivity index (χ0n) is 10.2. The number of rotatable bonds is 3. The van der Waals surface area contributed by atoms with E-state index in [0.29, 0.717) is 19.4 Å². The number of hydrogen-bond acceptors (Lipinski definition) is 2. The minimum atomic E-state index is -0.939. The summed E-state index contributed by atoms with van der Waals surface area (Å²) in [5.74, 6) is -0.883. The number of aliphatic hydroxyl groups is 1. The van der Waals surface area contributed by atoms with Gasteiger partial charge in [0.15, 0.2) is 5.79 Å². The molecule has 2 atom stereocenters. The molecule has 0 aromatic heterocycles. The first kappa shape index (κ1) is 12.5. The molecule has 1 aliphatic heterocycles. The van der Waals surface area contributed by atoms with Crippen molar-refractivity contribution in [2.75, 3.05) is 6.61 Å². The summed E-state index contributed by atoms with van der Waals surface area (Å²) in [7, 11) is 0. The van der Waals surface area contributed by atoms with E-state index < -0.39 is 5.79 Å². The summed E-state index contributed by atoms with van der Waals surface area (Å²) >= 11 is 0. The van der Waals surface area contributed by atoms with Gasteiger partial charge in [-0.1, -0.05) is 25.5 Å². The molecule has 1 aliphatic rings. The quantitative estimate of drug-likeness (QED) is 0.876. The van der Waals surface area contributed by atoms with E-state index in [9.17, 15) is 9.50 Å². The normalized spacial score (nSPS) is 29.2. The van der Waals surface area contributed by atoms with E-state index in [-0.39, 0.29) is 11.7 Å². The summed E-state index contributed by atoms with van der Waals surface area (Å²) in [4.78, 5) is 0. The molecule has 17 heavy (non-hydrogen) atoms. The molecule has 0 bridgehead atoms. The highest BCUT2D eigenvalue weighted by Crippen LogP contribution is 2.34. The highest BCUT2D eigenvalue weighted by atomic mass is 19.1. The average molecular weight is 238 g/mol. The maximum atomic E-state index is 12.8. The van der Waals surface area contributed by atoms with Crippen molar-refractivity contribution in [3.63, 3.8) is 0 Å². The molecule has 0 saturated carbocycles. The highest BCUT2D eigenvalue weighted by Gasteiger charge is 2.33. The Kier molecular flexibility index (Phi) is 3.79. The van der Waals surface area contributed by atoms with Crippen LogP contribution in [-0.2, 0) is 4.74 Å². The number of hydrogen-bond donors (Lipinski definition) is 1. The van der Waals surface area contributed by atoms with Crippen molar-refractivity contribution in [2.24, 2.45) is 0 Å². The first-order chi connectivity index (χ1) is 8.13. The minimum absolute atomic E-state index is 0.215. The fourth-order valence-electron chi connectivity index (χ4n) is 2.40. The van der Waals surface area contributed by atoms with Crippen LogP contribution in [0.25, 0.3) is 0 Å². The van der Waals surface area contributed by atoms with Crippen LogP contribution < -0.4 is 0 Å². The predicted molar refractivity (Wildman–Crippen MR) is 64.2 cm³/mol. The van der Waals surface area contributed by atoms with Crippen LogP contribution in [0.5, 0.6) is 0 Å². The zero-order chi connectivity index (χ0) is 12.3. The number of ether oxygens (including phenoxy) is 1. The van der Waals surface area contributed by atoms with Gasteiger partial charge in [0.2, 0.25) is 0 Å². The molecular weight excluding hydrogens is 219 g/mol. The van der Waals surface area contributed by atoms with Gasteiger partial charge in [-0.25, -0.2) is 4.39 Å². The lowest BCUT2D eigenvalue weighted by atomic mass is 9.89. The largest absolute Gasteiger partial charge is 0.365 e. The molecule has 0 radical (unpaired) electrons. The van der Waals surface area contributed by atoms with E-state index in [0.717, 1.165) is 18.4 Å². The summed E-state index contributed by atoms with van der Waals surface area (Å²) in [6, 6.07) is 6.55. The standard InChI is InChI=1S/C14H19FO2/c1-2-8-14(16)9-7-12(10-17-14)11-3-5-13(15)6-4-11/h3-6,12,16H,2,7-10H2,1H3/t12-,14+/m1/s1. The third-order valence-electron chi connectivity index (χ3n) is 3.42. The van der Waals surface area contributed by atoms with Crippen molar-refractivity contribution < 1.29 is 14.2 Å². The third-order valence-corrected chi connectivity index (χ3v) is 3.42. The van der Waals surface area contributed by atoms with Gasteiger partial charge in [-0.3, -0.25) is 0 Å². The van der Waals surface area contributed by atoms with E-state index in [1.165, 1.54) is 12.1 Å². The van der Waals surface area contributed by atoms with Crippen molar-refractivity contribution in [1.29, 1.82) is 0 Å². The van der Waals surface area contributed by atoms with Crippen LogP contribution in [0.2, 0.25) is 0 Å². The van der Waals surface area contributed by atoms with Gasteiger partial charge in [0, 0.05) is 18.8 Å². The van der Waals surface area contributed by atoms with Crippen molar-refractivity contribution in [1.82, 2.24) is 0 Å². The van der Waals surface area contributed by atoms with Crippen molar-refractivity contribution in [3.05, 3.63) is 35.6 Å². The predicted octanol–water partition coefficient (Wildman–Crippen LogP) is 3.21. The lowest BCUT2D eigenvalue weighted by Crippen LogP contribution is -2.38. The van der Waals surface area contributed by atoms with E-state index >= 15 is 0 Å². The molecule has 0 amide bonds. The molecule has 1 aromatic rings. The van der Waals surface area contributed by atoms with E-state index in [2.05, 4.69) is 0 Å². The van der Waals surface area contributed by atoms with Crippen molar-refractivity contribution in [2.45, 2.75) is 44.3 Å². The monoisotopic (exact) mass is 238 g/mol. The molecule has 0 aliphatic carbocycles. The Hall–Kier alpha value is -0.930. The summed E-state index contributed by atoms with van der Waals surface area (Å²) in [5, 5.41) is 10.1. The fraction of sp³-hybridized carbons (Fsp3) is 0.571. The maximum absolute atomic E-state index is 12.8. The molecule has 94 valence electrons. The van der Waals surface area contributed by atoms with Crippen LogP contribution in [0.1, 0.15) is 44.1 Å². The molecule has 2 nitrogen and oxygen atoms in total. The Bertz CT molecular complexity index is 353. The van der Waals surface area contributed by atoms with Gasteiger partial charge >= 0.3 is 0 Å². The summed E-state index contributed by atoms with van der Waals surface area (Å²) in [6.07, 6.45) is 3.14. The Labute approximate surface area is 101 Å². The van der Waals surface area contributed by atoms with E-state index in [1.54, 1.807) is 12.1 Å². The average Bonchev–Trinajstić information content (AvgIpc) is 2.31. The zero-order valence-corrected chi connectivity index (χ0v) is 10.2. The Morgan fingerprint density at radius 1 is 1.41 bits per heavy atom. The van der Waals surface area contributed by atoms with Crippen LogP contribution in [0.4, 0.5) is 4.39 Å². The van der Waals surface area contributed by atoms with Gasteiger partial charge in [-0.15, -0.1) is 0 Å². The van der Waals surface area contributed by atoms with Gasteiger partial charge < -0.3 is 9.84 Å². The van der Waals surface area contributed by atoms with Crippen LogP contribution >= 0.6 is 0 Å². The van der Waals surface area contributed by atoms with Gasteiger partial charge in [0.1, 0.15) is 5.82 Å². The third kappa shape index (κ3) is 3.05. The molecule has 1 aromatic carbocycles. The number of benzene rings is 1. The first-order valence-corrected chi connectivity index (χ1v) is 6.25. The molecule has 0 unspecified atom stereocenters. The molecule has 1 fully saturated rings. The van der Waals surface area contributed by atoms with Crippen LogP contribution in [0.3, 0.4) is 0 Å². The summed E-state index contributed by atoms with van der Waals surface area (Å²) < 4.78 is 18.4. The lowest BCUT2D eigenvalue weighted by molar-refractivity contribution is -0.232. The van der Waals surface area contributed by atoms with Crippen molar-refractivity contribution in [3.8, 4) is 0 Å².